The van der Waals surface area contributed by atoms with Gasteiger partial charge in [-0.3, -0.25) is 9.59 Å². The summed E-state index contributed by atoms with van der Waals surface area (Å²) in [6, 6.07) is 0. The summed E-state index contributed by atoms with van der Waals surface area (Å²) in [5.74, 6) is -2.47. The minimum Gasteiger partial charge on any atom is -0.481 e. The zero-order valence-electron chi connectivity index (χ0n) is 7.43. The first-order valence-electron chi connectivity index (χ1n) is 4.27. The molecule has 4 nitrogen and oxygen atoms in total. The van der Waals surface area contributed by atoms with Gasteiger partial charge in [-0.05, 0) is 19.3 Å². The highest BCUT2D eigenvalue weighted by molar-refractivity contribution is 5.81. The van der Waals surface area contributed by atoms with E-state index in [0.717, 1.165) is 6.42 Å². The van der Waals surface area contributed by atoms with Crippen LogP contribution in [0.1, 0.15) is 25.7 Å². The van der Waals surface area contributed by atoms with Crippen LogP contribution in [0.4, 0.5) is 8.78 Å². The Balaban J connectivity index is 2.53. The molecule has 0 unspecified atom stereocenters. The highest BCUT2D eigenvalue weighted by Gasteiger charge is 2.41. The van der Waals surface area contributed by atoms with Gasteiger partial charge < -0.3 is 10.4 Å². The van der Waals surface area contributed by atoms with Crippen LogP contribution in [0.15, 0.2) is 0 Å². The molecule has 1 aliphatic rings. The fourth-order valence-electron chi connectivity index (χ4n) is 1.55. The number of nitrogens with one attached hydrogen (secondary N) is 1. The normalized spacial score (nSPS) is 18.8. The fraction of sp³-hybridized carbons (Fsp3) is 0.750. The Morgan fingerprint density at radius 3 is 2.29 bits per heavy atom. The predicted molar refractivity (Wildman–Crippen MR) is 43.0 cm³/mol. The third-order valence-electron chi connectivity index (χ3n) is 2.39. The predicted octanol–water partition coefficient (Wildman–Crippen LogP) is 0.765. The minimum atomic E-state index is -3.08. The molecule has 1 amide bonds. The molecule has 80 valence electrons. The van der Waals surface area contributed by atoms with E-state index in [0.29, 0.717) is 12.8 Å². The van der Waals surface area contributed by atoms with Crippen molar-refractivity contribution in [2.24, 2.45) is 0 Å². The SMILES string of the molecule is O=C(O)CC1(NC(=O)C(F)F)CCC1. The number of rotatable bonds is 4. The first kappa shape index (κ1) is 10.9. The van der Waals surface area contributed by atoms with E-state index >= 15 is 0 Å². The van der Waals surface area contributed by atoms with Crippen LogP contribution in [-0.4, -0.2) is 28.9 Å². The topological polar surface area (TPSA) is 66.4 Å². The zero-order chi connectivity index (χ0) is 10.8. The number of carbonyl (C=O) groups is 2. The standard InChI is InChI=1S/C8H11F2NO3/c9-6(10)7(14)11-8(2-1-3-8)4-5(12)13/h6H,1-4H2,(H,11,14)(H,12,13). The first-order valence-corrected chi connectivity index (χ1v) is 4.27. The van der Waals surface area contributed by atoms with Gasteiger partial charge in [0, 0.05) is 0 Å². The maximum atomic E-state index is 11.9. The smallest absolute Gasteiger partial charge is 0.315 e. The number of carboxylic acids is 1. The van der Waals surface area contributed by atoms with Gasteiger partial charge >= 0.3 is 12.4 Å². The quantitative estimate of drug-likeness (QED) is 0.715. The Morgan fingerprint density at radius 1 is 1.43 bits per heavy atom. The van der Waals surface area contributed by atoms with E-state index in [1.807, 2.05) is 0 Å². The molecule has 0 bridgehead atoms. The molecule has 6 heteroatoms. The highest BCUT2D eigenvalue weighted by atomic mass is 19.3. The summed E-state index contributed by atoms with van der Waals surface area (Å²) < 4.78 is 23.8. The molecule has 0 spiro atoms. The van der Waals surface area contributed by atoms with Gasteiger partial charge in [-0.25, -0.2) is 0 Å². The molecule has 1 saturated carbocycles. The minimum absolute atomic E-state index is 0.286. The van der Waals surface area contributed by atoms with Gasteiger partial charge in [0.25, 0.3) is 5.91 Å². The van der Waals surface area contributed by atoms with Crippen molar-refractivity contribution in [3.05, 3.63) is 0 Å². The van der Waals surface area contributed by atoms with E-state index in [-0.39, 0.29) is 6.42 Å². The highest BCUT2D eigenvalue weighted by Crippen LogP contribution is 2.35. The average Bonchev–Trinajstić information content (AvgIpc) is 1.99. The van der Waals surface area contributed by atoms with Crippen LogP contribution < -0.4 is 5.32 Å². The molecule has 0 atom stereocenters. The molecule has 1 aliphatic carbocycles. The van der Waals surface area contributed by atoms with Crippen LogP contribution in [0.2, 0.25) is 0 Å². The molecule has 0 aliphatic heterocycles. The summed E-state index contributed by atoms with van der Waals surface area (Å²) in [5, 5.41) is 10.6. The Bertz CT molecular complexity index is 251. The van der Waals surface area contributed by atoms with Crippen LogP contribution in [0.3, 0.4) is 0 Å². The van der Waals surface area contributed by atoms with Gasteiger partial charge in [0.1, 0.15) is 0 Å². The number of carboxylic acid groups (broad SMARTS) is 1. The van der Waals surface area contributed by atoms with E-state index in [9.17, 15) is 18.4 Å². The van der Waals surface area contributed by atoms with Crippen molar-refractivity contribution in [2.45, 2.75) is 37.6 Å². The molecule has 0 heterocycles. The van der Waals surface area contributed by atoms with Crippen LogP contribution in [0.5, 0.6) is 0 Å². The van der Waals surface area contributed by atoms with Gasteiger partial charge in [0.15, 0.2) is 0 Å². The molecular formula is C8H11F2NO3. The maximum absolute atomic E-state index is 11.9. The molecule has 1 fully saturated rings. The third kappa shape index (κ3) is 2.40. The van der Waals surface area contributed by atoms with Gasteiger partial charge in [-0.2, -0.15) is 8.78 Å². The van der Waals surface area contributed by atoms with E-state index in [2.05, 4.69) is 5.32 Å². The Hall–Kier alpha value is -1.20. The summed E-state index contributed by atoms with van der Waals surface area (Å²) in [7, 11) is 0. The molecule has 2 N–H and O–H groups in total. The Labute approximate surface area is 79.3 Å². The van der Waals surface area contributed by atoms with Crippen molar-refractivity contribution in [3.8, 4) is 0 Å². The fourth-order valence-corrected chi connectivity index (χ4v) is 1.55. The van der Waals surface area contributed by atoms with Gasteiger partial charge in [-0.1, -0.05) is 0 Å². The zero-order valence-corrected chi connectivity index (χ0v) is 7.43. The first-order chi connectivity index (χ1) is 6.45. The van der Waals surface area contributed by atoms with Crippen molar-refractivity contribution in [3.63, 3.8) is 0 Å². The molecular weight excluding hydrogens is 196 g/mol. The lowest BCUT2D eigenvalue weighted by molar-refractivity contribution is -0.142. The van der Waals surface area contributed by atoms with Crippen molar-refractivity contribution < 1.29 is 23.5 Å². The molecule has 14 heavy (non-hydrogen) atoms. The van der Waals surface area contributed by atoms with Crippen LogP contribution in [-0.2, 0) is 9.59 Å². The molecule has 0 radical (unpaired) electrons. The van der Waals surface area contributed by atoms with Crippen molar-refractivity contribution in [1.29, 1.82) is 0 Å². The van der Waals surface area contributed by atoms with Crippen molar-refractivity contribution in [1.82, 2.24) is 5.32 Å². The lowest BCUT2D eigenvalue weighted by Gasteiger charge is -2.41. The Kier molecular flexibility index (Phi) is 3.03. The summed E-state index contributed by atoms with van der Waals surface area (Å²) in [4.78, 5) is 21.1. The Morgan fingerprint density at radius 2 is 2.00 bits per heavy atom. The van der Waals surface area contributed by atoms with E-state index < -0.39 is 23.8 Å². The number of aliphatic carboxylic acids is 1. The molecule has 0 saturated heterocycles. The van der Waals surface area contributed by atoms with Gasteiger partial charge in [0.2, 0.25) is 0 Å². The summed E-state index contributed by atoms with van der Waals surface area (Å²) in [6.45, 7) is 0. The monoisotopic (exact) mass is 207 g/mol. The molecule has 1 rings (SSSR count). The molecule has 0 aromatic rings. The van der Waals surface area contributed by atoms with Crippen molar-refractivity contribution in [2.75, 3.05) is 0 Å². The van der Waals surface area contributed by atoms with Gasteiger partial charge in [-0.15, -0.1) is 0 Å². The second-order valence-electron chi connectivity index (χ2n) is 3.49. The summed E-state index contributed by atoms with van der Waals surface area (Å²) in [6.07, 6.45) is -1.70. The van der Waals surface area contributed by atoms with E-state index in [4.69, 9.17) is 5.11 Å². The number of amides is 1. The van der Waals surface area contributed by atoms with Crippen LogP contribution in [0, 0.1) is 0 Å². The number of hydrogen-bond acceptors (Lipinski definition) is 2. The average molecular weight is 207 g/mol. The number of alkyl halides is 2. The summed E-state index contributed by atoms with van der Waals surface area (Å²) >= 11 is 0. The summed E-state index contributed by atoms with van der Waals surface area (Å²) in [5.41, 5.74) is -0.931. The van der Waals surface area contributed by atoms with E-state index in [1.54, 1.807) is 0 Å². The lowest BCUT2D eigenvalue weighted by atomic mass is 9.74. The third-order valence-corrected chi connectivity index (χ3v) is 2.39. The van der Waals surface area contributed by atoms with Gasteiger partial charge in [0.05, 0.1) is 12.0 Å². The van der Waals surface area contributed by atoms with Crippen molar-refractivity contribution >= 4 is 11.9 Å². The maximum Gasteiger partial charge on any atom is 0.315 e. The number of halogens is 2. The largest absolute Gasteiger partial charge is 0.481 e. The second kappa shape index (κ2) is 3.89. The number of hydrogen-bond donors (Lipinski definition) is 2. The lowest BCUT2D eigenvalue weighted by Crippen LogP contribution is -2.56. The second-order valence-corrected chi connectivity index (χ2v) is 3.49. The number of carbonyl (C=O) groups excluding carboxylic acids is 1. The molecule has 0 aromatic carbocycles. The van der Waals surface area contributed by atoms with Crippen LogP contribution >= 0.6 is 0 Å². The van der Waals surface area contributed by atoms with E-state index in [1.165, 1.54) is 0 Å². The molecule has 0 aromatic heterocycles. The van der Waals surface area contributed by atoms with Crippen LogP contribution in [0.25, 0.3) is 0 Å².